The summed E-state index contributed by atoms with van der Waals surface area (Å²) in [5.41, 5.74) is 3.42. The van der Waals surface area contributed by atoms with Crippen LogP contribution in [0.15, 0.2) is 29.3 Å². The molecule has 0 bridgehead atoms. The van der Waals surface area contributed by atoms with E-state index in [9.17, 15) is 0 Å². The minimum atomic E-state index is 0.388. The summed E-state index contributed by atoms with van der Waals surface area (Å²) in [6.45, 7) is 8.47. The first-order chi connectivity index (χ1) is 12.8. The molecule has 0 amide bonds. The lowest BCUT2D eigenvalue weighted by Gasteiger charge is -2.29. The molecule has 3 heterocycles. The first-order valence-corrected chi connectivity index (χ1v) is 10.1. The number of aliphatic imine (C=N–C) groups is 1. The first-order valence-electron chi connectivity index (χ1n) is 10.1. The van der Waals surface area contributed by atoms with Gasteiger partial charge in [0.15, 0.2) is 5.96 Å². The summed E-state index contributed by atoms with van der Waals surface area (Å²) >= 11 is 0. The van der Waals surface area contributed by atoms with Gasteiger partial charge in [-0.2, -0.15) is 0 Å². The Labute approximate surface area is 157 Å². The van der Waals surface area contributed by atoms with E-state index in [-0.39, 0.29) is 0 Å². The van der Waals surface area contributed by atoms with E-state index in [0.29, 0.717) is 5.41 Å². The highest BCUT2D eigenvalue weighted by atomic mass is 16.5. The molecule has 5 heteroatoms. The normalized spacial score (nSPS) is 26.5. The van der Waals surface area contributed by atoms with Gasteiger partial charge in [-0.1, -0.05) is 24.3 Å². The zero-order valence-electron chi connectivity index (χ0n) is 16.0. The Kier molecular flexibility index (Phi) is 5.46. The minimum Gasteiger partial charge on any atom is -0.381 e. The van der Waals surface area contributed by atoms with E-state index >= 15 is 0 Å². The number of guanidine groups is 1. The topological polar surface area (TPSA) is 40.1 Å². The quantitative estimate of drug-likeness (QED) is 0.510. The molecule has 3 aliphatic heterocycles. The summed E-state index contributed by atoms with van der Waals surface area (Å²) in [6, 6.07) is 8.87. The number of hydrogen-bond acceptors (Lipinski definition) is 3. The van der Waals surface area contributed by atoms with Crippen LogP contribution < -0.4 is 5.32 Å². The van der Waals surface area contributed by atoms with Gasteiger partial charge in [0.25, 0.3) is 0 Å². The van der Waals surface area contributed by atoms with Crippen LogP contribution in [0.1, 0.15) is 30.4 Å². The molecular weight excluding hydrogens is 324 g/mol. The summed E-state index contributed by atoms with van der Waals surface area (Å²) in [5.74, 6) is 1.07. The molecule has 0 aliphatic carbocycles. The van der Waals surface area contributed by atoms with Gasteiger partial charge in [-0.05, 0) is 36.8 Å². The summed E-state index contributed by atoms with van der Waals surface area (Å²) in [6.07, 6.45) is 4.78. The lowest BCUT2D eigenvalue weighted by Crippen LogP contribution is -2.42. The summed E-state index contributed by atoms with van der Waals surface area (Å²) in [7, 11) is 1.90. The van der Waals surface area contributed by atoms with Crippen molar-refractivity contribution in [1.82, 2.24) is 15.1 Å². The molecule has 1 aromatic carbocycles. The van der Waals surface area contributed by atoms with Crippen molar-refractivity contribution >= 4 is 5.96 Å². The van der Waals surface area contributed by atoms with E-state index in [2.05, 4.69) is 44.4 Å². The van der Waals surface area contributed by atoms with Crippen LogP contribution in [0.2, 0.25) is 0 Å². The lowest BCUT2D eigenvalue weighted by molar-refractivity contribution is 0.156. The van der Waals surface area contributed by atoms with Crippen LogP contribution in [0.5, 0.6) is 0 Å². The number of benzene rings is 1. The van der Waals surface area contributed by atoms with Gasteiger partial charge in [0.2, 0.25) is 0 Å². The van der Waals surface area contributed by atoms with E-state index in [1.165, 1.54) is 36.9 Å². The molecule has 0 aromatic heterocycles. The molecule has 2 saturated heterocycles. The van der Waals surface area contributed by atoms with Gasteiger partial charge in [0, 0.05) is 58.3 Å². The molecule has 1 aromatic rings. The Morgan fingerprint density at radius 2 is 2.12 bits per heavy atom. The van der Waals surface area contributed by atoms with Crippen molar-refractivity contribution in [2.45, 2.75) is 32.2 Å². The number of hydrogen-bond donors (Lipinski definition) is 1. The second-order valence-corrected chi connectivity index (χ2v) is 8.10. The van der Waals surface area contributed by atoms with Crippen LogP contribution in [-0.4, -0.2) is 68.7 Å². The Morgan fingerprint density at radius 1 is 1.23 bits per heavy atom. The standard InChI is InChI=1S/C21H32N4O/c1-22-20(25-13-8-21(16-25)9-14-26-17-21)23-10-4-11-24-12-7-18-5-2-3-6-19(18)15-24/h2-3,5-6H,4,7-17H2,1H3,(H,22,23). The molecule has 142 valence electrons. The van der Waals surface area contributed by atoms with E-state index in [1.54, 1.807) is 0 Å². The number of ether oxygens (including phenoxy) is 1. The second kappa shape index (κ2) is 7.97. The second-order valence-electron chi connectivity index (χ2n) is 8.10. The molecule has 1 atom stereocenters. The summed E-state index contributed by atoms with van der Waals surface area (Å²) < 4.78 is 5.64. The molecule has 1 spiro atoms. The van der Waals surface area contributed by atoms with Gasteiger partial charge in [0.05, 0.1) is 6.61 Å². The molecular formula is C21H32N4O. The molecule has 5 nitrogen and oxygen atoms in total. The Hall–Kier alpha value is -1.59. The fourth-order valence-electron chi connectivity index (χ4n) is 4.67. The van der Waals surface area contributed by atoms with E-state index in [4.69, 9.17) is 4.74 Å². The average molecular weight is 357 g/mol. The largest absolute Gasteiger partial charge is 0.381 e. The number of nitrogens with zero attached hydrogens (tertiary/aromatic N) is 3. The smallest absolute Gasteiger partial charge is 0.193 e. The highest BCUT2D eigenvalue weighted by Gasteiger charge is 2.42. The van der Waals surface area contributed by atoms with Crippen molar-refractivity contribution in [3.05, 3.63) is 35.4 Å². The van der Waals surface area contributed by atoms with Crippen LogP contribution in [0.3, 0.4) is 0 Å². The highest BCUT2D eigenvalue weighted by molar-refractivity contribution is 5.80. The zero-order chi connectivity index (χ0) is 17.8. The molecule has 2 fully saturated rings. The van der Waals surface area contributed by atoms with Gasteiger partial charge in [-0.25, -0.2) is 0 Å². The maximum absolute atomic E-state index is 5.64. The van der Waals surface area contributed by atoms with Crippen molar-refractivity contribution in [2.75, 3.05) is 53.0 Å². The van der Waals surface area contributed by atoms with Crippen molar-refractivity contribution in [1.29, 1.82) is 0 Å². The molecule has 1 N–H and O–H groups in total. The zero-order valence-corrected chi connectivity index (χ0v) is 16.0. The maximum Gasteiger partial charge on any atom is 0.193 e. The average Bonchev–Trinajstić information content (AvgIpc) is 3.32. The van der Waals surface area contributed by atoms with Crippen LogP contribution in [0.4, 0.5) is 0 Å². The molecule has 0 radical (unpaired) electrons. The van der Waals surface area contributed by atoms with Crippen molar-refractivity contribution in [3.63, 3.8) is 0 Å². The third-order valence-electron chi connectivity index (χ3n) is 6.28. The maximum atomic E-state index is 5.64. The Balaban J connectivity index is 1.20. The molecule has 4 rings (SSSR count). The fraction of sp³-hybridized carbons (Fsp3) is 0.667. The Morgan fingerprint density at radius 3 is 2.92 bits per heavy atom. The van der Waals surface area contributed by atoms with E-state index in [1.807, 2.05) is 7.05 Å². The van der Waals surface area contributed by atoms with Crippen molar-refractivity contribution < 1.29 is 4.74 Å². The first kappa shape index (κ1) is 17.8. The van der Waals surface area contributed by atoms with E-state index < -0.39 is 0 Å². The molecule has 26 heavy (non-hydrogen) atoms. The van der Waals surface area contributed by atoms with Crippen LogP contribution in [0.25, 0.3) is 0 Å². The predicted octanol–water partition coefficient (Wildman–Crippen LogP) is 2.12. The number of nitrogens with one attached hydrogen (secondary N) is 1. The van der Waals surface area contributed by atoms with Gasteiger partial charge in [-0.3, -0.25) is 9.89 Å². The number of rotatable bonds is 4. The summed E-state index contributed by atoms with van der Waals surface area (Å²) in [4.78, 5) is 9.52. The van der Waals surface area contributed by atoms with Gasteiger partial charge >= 0.3 is 0 Å². The Bertz CT molecular complexity index is 639. The fourth-order valence-corrected chi connectivity index (χ4v) is 4.67. The highest BCUT2D eigenvalue weighted by Crippen LogP contribution is 2.38. The molecule has 3 aliphatic rings. The number of fused-ring (bicyclic) bond motifs is 1. The van der Waals surface area contributed by atoms with Gasteiger partial charge < -0.3 is 15.0 Å². The van der Waals surface area contributed by atoms with Crippen LogP contribution in [0, 0.1) is 5.41 Å². The monoisotopic (exact) mass is 356 g/mol. The van der Waals surface area contributed by atoms with Crippen molar-refractivity contribution in [2.24, 2.45) is 10.4 Å². The van der Waals surface area contributed by atoms with Crippen molar-refractivity contribution in [3.8, 4) is 0 Å². The lowest BCUT2D eigenvalue weighted by atomic mass is 9.87. The van der Waals surface area contributed by atoms with Gasteiger partial charge in [-0.15, -0.1) is 0 Å². The summed E-state index contributed by atoms with van der Waals surface area (Å²) in [5, 5.41) is 3.58. The minimum absolute atomic E-state index is 0.388. The third-order valence-corrected chi connectivity index (χ3v) is 6.28. The number of likely N-dealkylation sites (tertiary alicyclic amines) is 1. The van der Waals surface area contributed by atoms with E-state index in [0.717, 1.165) is 58.3 Å². The third kappa shape index (κ3) is 3.89. The van der Waals surface area contributed by atoms with Crippen LogP contribution >= 0.6 is 0 Å². The molecule has 1 unspecified atom stereocenters. The van der Waals surface area contributed by atoms with Gasteiger partial charge in [0.1, 0.15) is 0 Å². The van der Waals surface area contributed by atoms with Crippen LogP contribution in [-0.2, 0) is 17.7 Å². The predicted molar refractivity (Wildman–Crippen MR) is 105 cm³/mol. The molecule has 0 saturated carbocycles. The SMILES string of the molecule is CN=C(NCCCN1CCc2ccccc2C1)N1CCC2(CCOC2)C1.